The van der Waals surface area contributed by atoms with E-state index in [1.807, 2.05) is 0 Å². The second-order valence-electron chi connectivity index (χ2n) is 5.77. The molecule has 0 spiro atoms. The van der Waals surface area contributed by atoms with Crippen LogP contribution >= 0.6 is 0 Å². The third-order valence-electron chi connectivity index (χ3n) is 3.62. The minimum absolute atomic E-state index is 0.146. The zero-order chi connectivity index (χ0) is 18.7. The SMILES string of the molecule is COc1cc(Cc2noc(CCc3nc(C)no3)n2)ccc1S(C)(=O)=O. The van der Waals surface area contributed by atoms with Crippen LogP contribution in [0.2, 0.25) is 0 Å². The Balaban J connectivity index is 1.69. The normalized spacial score (nSPS) is 11.7. The van der Waals surface area contributed by atoms with Crippen LogP contribution in [0.25, 0.3) is 0 Å². The molecule has 0 amide bonds. The first-order valence-corrected chi connectivity index (χ1v) is 9.72. The number of nitrogens with zero attached hydrogens (tertiary/aromatic N) is 4. The molecule has 138 valence electrons. The molecule has 0 atom stereocenters. The molecule has 2 heterocycles. The van der Waals surface area contributed by atoms with Gasteiger partial charge in [0.25, 0.3) is 0 Å². The summed E-state index contributed by atoms with van der Waals surface area (Å²) < 4.78 is 38.9. The van der Waals surface area contributed by atoms with Gasteiger partial charge in [0.1, 0.15) is 10.6 Å². The average molecular weight is 378 g/mol. The third kappa shape index (κ3) is 4.26. The van der Waals surface area contributed by atoms with Crippen molar-refractivity contribution in [2.75, 3.05) is 13.4 Å². The van der Waals surface area contributed by atoms with Crippen LogP contribution in [0.4, 0.5) is 0 Å². The highest BCUT2D eigenvalue weighted by Gasteiger charge is 2.16. The number of sulfone groups is 1. The van der Waals surface area contributed by atoms with Crippen molar-refractivity contribution < 1.29 is 22.2 Å². The molecule has 0 bridgehead atoms. The molecule has 1 aromatic carbocycles. The Morgan fingerprint density at radius 2 is 1.77 bits per heavy atom. The van der Waals surface area contributed by atoms with E-state index in [2.05, 4.69) is 20.3 Å². The summed E-state index contributed by atoms with van der Waals surface area (Å²) in [5.74, 6) is 2.35. The van der Waals surface area contributed by atoms with Crippen molar-refractivity contribution in [2.45, 2.75) is 31.1 Å². The number of hydrogen-bond acceptors (Lipinski definition) is 9. The minimum atomic E-state index is -3.36. The predicted octanol–water partition coefficient (Wildman–Crippen LogP) is 1.55. The maximum absolute atomic E-state index is 11.7. The van der Waals surface area contributed by atoms with E-state index in [0.717, 1.165) is 11.8 Å². The molecule has 0 N–H and O–H groups in total. The monoisotopic (exact) mass is 378 g/mol. The molecular weight excluding hydrogens is 360 g/mol. The molecule has 3 rings (SSSR count). The van der Waals surface area contributed by atoms with Crippen LogP contribution in [0.15, 0.2) is 32.1 Å². The lowest BCUT2D eigenvalue weighted by Crippen LogP contribution is -2.02. The molecule has 0 radical (unpaired) electrons. The Morgan fingerprint density at radius 1 is 1.08 bits per heavy atom. The summed E-state index contributed by atoms with van der Waals surface area (Å²) in [6, 6.07) is 4.88. The van der Waals surface area contributed by atoms with E-state index in [9.17, 15) is 8.42 Å². The van der Waals surface area contributed by atoms with Crippen molar-refractivity contribution in [1.29, 1.82) is 0 Å². The van der Waals surface area contributed by atoms with Gasteiger partial charge in [-0.3, -0.25) is 0 Å². The second kappa shape index (κ2) is 7.24. The summed E-state index contributed by atoms with van der Waals surface area (Å²) in [5.41, 5.74) is 0.814. The Kier molecular flexibility index (Phi) is 5.03. The van der Waals surface area contributed by atoms with E-state index < -0.39 is 9.84 Å². The van der Waals surface area contributed by atoms with Crippen LogP contribution < -0.4 is 4.74 Å². The van der Waals surface area contributed by atoms with Crippen LogP contribution in [-0.2, 0) is 29.1 Å². The van der Waals surface area contributed by atoms with Gasteiger partial charge >= 0.3 is 0 Å². The van der Waals surface area contributed by atoms with Crippen LogP contribution in [0, 0.1) is 6.92 Å². The van der Waals surface area contributed by atoms with Crippen molar-refractivity contribution in [3.8, 4) is 5.75 Å². The van der Waals surface area contributed by atoms with E-state index in [4.69, 9.17) is 13.8 Å². The van der Waals surface area contributed by atoms with E-state index >= 15 is 0 Å². The molecule has 9 nitrogen and oxygen atoms in total. The molecule has 2 aromatic heterocycles. The molecule has 26 heavy (non-hydrogen) atoms. The Labute approximate surface area is 150 Å². The molecule has 0 saturated carbocycles. The lowest BCUT2D eigenvalue weighted by molar-refractivity contribution is 0.350. The first kappa shape index (κ1) is 18.1. The topological polar surface area (TPSA) is 121 Å². The van der Waals surface area contributed by atoms with Crippen molar-refractivity contribution >= 4 is 9.84 Å². The van der Waals surface area contributed by atoms with E-state index in [-0.39, 0.29) is 4.90 Å². The van der Waals surface area contributed by atoms with E-state index in [0.29, 0.717) is 48.4 Å². The van der Waals surface area contributed by atoms with Crippen molar-refractivity contribution in [3.63, 3.8) is 0 Å². The summed E-state index contributed by atoms with van der Waals surface area (Å²) in [7, 11) is -1.93. The lowest BCUT2D eigenvalue weighted by atomic mass is 10.1. The van der Waals surface area contributed by atoms with Gasteiger partial charge < -0.3 is 13.8 Å². The maximum Gasteiger partial charge on any atom is 0.227 e. The number of methoxy groups -OCH3 is 1. The van der Waals surface area contributed by atoms with Crippen LogP contribution in [0.3, 0.4) is 0 Å². The number of aromatic nitrogens is 4. The van der Waals surface area contributed by atoms with Gasteiger partial charge in [0.05, 0.1) is 7.11 Å². The van der Waals surface area contributed by atoms with Crippen molar-refractivity contribution in [3.05, 3.63) is 47.2 Å². The zero-order valence-corrected chi connectivity index (χ0v) is 15.4. The van der Waals surface area contributed by atoms with Gasteiger partial charge in [-0.05, 0) is 24.6 Å². The van der Waals surface area contributed by atoms with E-state index in [1.165, 1.54) is 13.2 Å². The van der Waals surface area contributed by atoms with Gasteiger partial charge in [0, 0.05) is 25.5 Å². The Morgan fingerprint density at radius 3 is 2.38 bits per heavy atom. The summed E-state index contributed by atoms with van der Waals surface area (Å²) >= 11 is 0. The quantitative estimate of drug-likeness (QED) is 0.602. The largest absolute Gasteiger partial charge is 0.495 e. The van der Waals surface area contributed by atoms with E-state index in [1.54, 1.807) is 19.1 Å². The van der Waals surface area contributed by atoms with Gasteiger partial charge in [-0.25, -0.2) is 8.42 Å². The van der Waals surface area contributed by atoms with Gasteiger partial charge in [0.2, 0.25) is 11.8 Å². The molecule has 0 unspecified atom stereocenters. The first-order valence-electron chi connectivity index (χ1n) is 7.83. The number of rotatable bonds is 7. The Hall–Kier alpha value is -2.75. The molecule has 0 fully saturated rings. The van der Waals surface area contributed by atoms with Gasteiger partial charge in [-0.2, -0.15) is 9.97 Å². The smallest absolute Gasteiger partial charge is 0.227 e. The number of aryl methyl sites for hydroxylation is 3. The first-order chi connectivity index (χ1) is 12.3. The molecular formula is C16H18N4O5S. The van der Waals surface area contributed by atoms with Gasteiger partial charge in [-0.1, -0.05) is 16.4 Å². The highest BCUT2D eigenvalue weighted by molar-refractivity contribution is 7.90. The Bertz CT molecular complexity index is 1010. The number of benzene rings is 1. The average Bonchev–Trinajstić information content (AvgIpc) is 3.20. The molecule has 0 aliphatic rings. The molecule has 0 saturated heterocycles. The third-order valence-corrected chi connectivity index (χ3v) is 4.76. The lowest BCUT2D eigenvalue weighted by Gasteiger charge is -2.08. The fraction of sp³-hybridized carbons (Fsp3) is 0.375. The second-order valence-corrected chi connectivity index (χ2v) is 7.76. The van der Waals surface area contributed by atoms with Crippen LogP contribution in [0.5, 0.6) is 5.75 Å². The molecule has 10 heteroatoms. The molecule has 3 aromatic rings. The standard InChI is InChI=1S/C16H18N4O5S/c1-10-17-15(24-19-10)6-7-16-18-14(20-25-16)9-11-4-5-13(26(3,21)22)12(8-11)23-2/h4-5,8H,6-7,9H2,1-3H3. The van der Waals surface area contributed by atoms with Gasteiger partial charge in [0.15, 0.2) is 21.5 Å². The molecule has 0 aliphatic carbocycles. The van der Waals surface area contributed by atoms with Crippen molar-refractivity contribution in [2.24, 2.45) is 0 Å². The van der Waals surface area contributed by atoms with Crippen LogP contribution in [0.1, 0.15) is 29.0 Å². The maximum atomic E-state index is 11.7. The summed E-state index contributed by atoms with van der Waals surface area (Å²) in [4.78, 5) is 8.59. The fourth-order valence-electron chi connectivity index (χ4n) is 2.43. The highest BCUT2D eigenvalue weighted by Crippen LogP contribution is 2.25. The zero-order valence-electron chi connectivity index (χ0n) is 14.6. The number of ether oxygens (including phenoxy) is 1. The van der Waals surface area contributed by atoms with Crippen LogP contribution in [-0.4, -0.2) is 42.1 Å². The summed E-state index contributed by atoms with van der Waals surface area (Å²) in [6.07, 6.45) is 2.54. The highest BCUT2D eigenvalue weighted by atomic mass is 32.2. The summed E-state index contributed by atoms with van der Waals surface area (Å²) in [6.45, 7) is 1.75. The molecule has 0 aliphatic heterocycles. The van der Waals surface area contributed by atoms with Crippen molar-refractivity contribution in [1.82, 2.24) is 20.3 Å². The summed E-state index contributed by atoms with van der Waals surface area (Å²) in [5, 5.41) is 7.67. The fourth-order valence-corrected chi connectivity index (χ4v) is 3.25. The number of hydrogen-bond donors (Lipinski definition) is 0. The van der Waals surface area contributed by atoms with Gasteiger partial charge in [-0.15, -0.1) is 0 Å². The minimum Gasteiger partial charge on any atom is -0.495 e. The predicted molar refractivity (Wildman–Crippen MR) is 89.7 cm³/mol.